The topological polar surface area (TPSA) is 46.6 Å². The van der Waals surface area contributed by atoms with E-state index in [1.807, 2.05) is 24.3 Å². The Morgan fingerprint density at radius 2 is 1.79 bits per heavy atom. The maximum absolute atomic E-state index is 13.1. The summed E-state index contributed by atoms with van der Waals surface area (Å²) in [5, 5.41) is 0.276. The van der Waals surface area contributed by atoms with Gasteiger partial charge < -0.3 is 4.74 Å². The van der Waals surface area contributed by atoms with Gasteiger partial charge in [0.25, 0.3) is 0 Å². The summed E-state index contributed by atoms with van der Waals surface area (Å²) in [7, 11) is -2.20. The van der Waals surface area contributed by atoms with E-state index in [-0.39, 0.29) is 21.0 Å². The molecule has 0 aromatic heterocycles. The zero-order valence-corrected chi connectivity index (χ0v) is 15.4. The zero-order valence-electron chi connectivity index (χ0n) is 13.1. The zero-order chi connectivity index (χ0) is 17.3. The molecule has 3 rings (SSSR count). The van der Waals surface area contributed by atoms with Crippen molar-refractivity contribution >= 4 is 33.2 Å². The van der Waals surface area contributed by atoms with Crippen LogP contribution >= 0.6 is 23.2 Å². The first-order chi connectivity index (χ1) is 11.4. The number of hydrogen-bond acceptors (Lipinski definition) is 3. The molecule has 4 nitrogen and oxygen atoms in total. The number of methoxy groups -OCH3 is 1. The maximum Gasteiger partial charge on any atom is 0.246 e. The molecule has 1 unspecified atom stereocenters. The van der Waals surface area contributed by atoms with Gasteiger partial charge in [0.1, 0.15) is 10.6 Å². The standard InChI is InChI=1S/C17H17Cl2NO3S/c1-23-13-6-2-5-12(11-13)16-9-4-10-20(16)24(21,22)17-14(18)7-3-8-15(17)19/h2-3,5-8,11,16H,4,9-10H2,1H3. The summed E-state index contributed by atoms with van der Waals surface area (Å²) < 4.78 is 33.0. The molecular weight excluding hydrogens is 369 g/mol. The van der Waals surface area contributed by atoms with Gasteiger partial charge in [0.05, 0.1) is 23.2 Å². The first-order valence-corrected chi connectivity index (χ1v) is 9.74. The minimum Gasteiger partial charge on any atom is -0.497 e. The van der Waals surface area contributed by atoms with Crippen molar-refractivity contribution in [3.63, 3.8) is 0 Å². The van der Waals surface area contributed by atoms with Crippen molar-refractivity contribution in [3.8, 4) is 5.75 Å². The number of nitrogens with zero attached hydrogens (tertiary/aromatic N) is 1. The molecule has 128 valence electrons. The molecule has 1 aliphatic heterocycles. The second kappa shape index (κ2) is 6.92. The van der Waals surface area contributed by atoms with Crippen LogP contribution in [-0.4, -0.2) is 26.4 Å². The molecule has 2 aromatic rings. The number of hydrogen-bond donors (Lipinski definition) is 0. The molecule has 7 heteroatoms. The van der Waals surface area contributed by atoms with Crippen molar-refractivity contribution in [2.75, 3.05) is 13.7 Å². The lowest BCUT2D eigenvalue weighted by atomic mass is 10.1. The number of halogens is 2. The van der Waals surface area contributed by atoms with Gasteiger partial charge in [-0.15, -0.1) is 0 Å². The quantitative estimate of drug-likeness (QED) is 0.776. The largest absolute Gasteiger partial charge is 0.497 e. The van der Waals surface area contributed by atoms with Crippen LogP contribution in [-0.2, 0) is 10.0 Å². The summed E-state index contributed by atoms with van der Waals surface area (Å²) in [5.41, 5.74) is 0.901. The van der Waals surface area contributed by atoms with Crippen LogP contribution in [0.3, 0.4) is 0 Å². The third-order valence-electron chi connectivity index (χ3n) is 4.17. The Labute approximate surface area is 152 Å². The molecular formula is C17H17Cl2NO3S. The number of sulfonamides is 1. The molecule has 0 N–H and O–H groups in total. The lowest BCUT2D eigenvalue weighted by Gasteiger charge is -2.25. The molecule has 0 amide bonds. The Hall–Kier alpha value is -1.27. The lowest BCUT2D eigenvalue weighted by molar-refractivity contribution is 0.390. The molecule has 0 spiro atoms. The highest BCUT2D eigenvalue weighted by Crippen LogP contribution is 2.40. The highest BCUT2D eigenvalue weighted by molar-refractivity contribution is 7.89. The van der Waals surface area contributed by atoms with E-state index in [4.69, 9.17) is 27.9 Å². The van der Waals surface area contributed by atoms with Crippen molar-refractivity contribution < 1.29 is 13.2 Å². The fourth-order valence-electron chi connectivity index (χ4n) is 3.06. The molecule has 1 atom stereocenters. The first-order valence-electron chi connectivity index (χ1n) is 7.55. The van der Waals surface area contributed by atoms with Crippen LogP contribution in [0.15, 0.2) is 47.4 Å². The van der Waals surface area contributed by atoms with E-state index in [1.54, 1.807) is 13.2 Å². The van der Waals surface area contributed by atoms with E-state index in [0.29, 0.717) is 12.3 Å². The Balaban J connectivity index is 2.04. The van der Waals surface area contributed by atoms with Gasteiger partial charge in [-0.2, -0.15) is 4.31 Å². The van der Waals surface area contributed by atoms with Gasteiger partial charge in [0.15, 0.2) is 0 Å². The smallest absolute Gasteiger partial charge is 0.246 e. The van der Waals surface area contributed by atoms with Gasteiger partial charge in [-0.1, -0.05) is 41.4 Å². The minimum atomic E-state index is -3.79. The summed E-state index contributed by atoms with van der Waals surface area (Å²) in [5.74, 6) is 0.701. The van der Waals surface area contributed by atoms with Crippen molar-refractivity contribution in [1.29, 1.82) is 0 Å². The third-order valence-corrected chi connectivity index (χ3v) is 7.03. The van der Waals surface area contributed by atoms with E-state index in [0.717, 1.165) is 18.4 Å². The van der Waals surface area contributed by atoms with Gasteiger partial charge in [0, 0.05) is 6.54 Å². The van der Waals surface area contributed by atoms with Crippen LogP contribution in [0.5, 0.6) is 5.75 Å². The number of ether oxygens (including phenoxy) is 1. The van der Waals surface area contributed by atoms with Gasteiger partial charge in [-0.05, 0) is 42.7 Å². The number of benzene rings is 2. The van der Waals surface area contributed by atoms with Crippen LogP contribution in [0.4, 0.5) is 0 Å². The van der Waals surface area contributed by atoms with Crippen molar-refractivity contribution in [2.45, 2.75) is 23.8 Å². The monoisotopic (exact) mass is 385 g/mol. The van der Waals surface area contributed by atoms with Crippen LogP contribution in [0.1, 0.15) is 24.4 Å². The predicted molar refractivity (Wildman–Crippen MR) is 95.3 cm³/mol. The lowest BCUT2D eigenvalue weighted by Crippen LogP contribution is -2.31. The summed E-state index contributed by atoms with van der Waals surface area (Å²) in [6.45, 7) is 0.436. The third kappa shape index (κ3) is 3.14. The first kappa shape index (κ1) is 17.5. The van der Waals surface area contributed by atoms with Gasteiger partial charge in [-0.25, -0.2) is 8.42 Å². The van der Waals surface area contributed by atoms with Crippen molar-refractivity contribution in [2.24, 2.45) is 0 Å². The van der Waals surface area contributed by atoms with Crippen LogP contribution in [0.2, 0.25) is 10.0 Å². The Kier molecular flexibility index (Phi) is 5.06. The van der Waals surface area contributed by atoms with Crippen molar-refractivity contribution in [1.82, 2.24) is 4.31 Å². The average Bonchev–Trinajstić information content (AvgIpc) is 3.05. The molecule has 0 bridgehead atoms. The summed E-state index contributed by atoms with van der Waals surface area (Å²) >= 11 is 12.2. The Morgan fingerprint density at radius 3 is 2.46 bits per heavy atom. The highest BCUT2D eigenvalue weighted by atomic mass is 35.5. The number of rotatable bonds is 4. The van der Waals surface area contributed by atoms with E-state index in [9.17, 15) is 8.42 Å². The average molecular weight is 386 g/mol. The van der Waals surface area contributed by atoms with Crippen LogP contribution in [0.25, 0.3) is 0 Å². The minimum absolute atomic E-state index is 0.0249. The highest BCUT2D eigenvalue weighted by Gasteiger charge is 2.38. The molecule has 1 fully saturated rings. The van der Waals surface area contributed by atoms with Gasteiger partial charge in [0.2, 0.25) is 10.0 Å². The molecule has 0 radical (unpaired) electrons. The molecule has 1 saturated heterocycles. The van der Waals surface area contributed by atoms with Crippen LogP contribution in [0, 0.1) is 0 Å². The van der Waals surface area contributed by atoms with E-state index in [1.165, 1.54) is 16.4 Å². The van der Waals surface area contributed by atoms with E-state index < -0.39 is 10.0 Å². The maximum atomic E-state index is 13.1. The fourth-order valence-corrected chi connectivity index (χ4v) is 5.83. The van der Waals surface area contributed by atoms with Crippen LogP contribution < -0.4 is 4.74 Å². The van der Waals surface area contributed by atoms with E-state index in [2.05, 4.69) is 0 Å². The Morgan fingerprint density at radius 1 is 1.12 bits per heavy atom. The van der Waals surface area contributed by atoms with Gasteiger partial charge in [-0.3, -0.25) is 0 Å². The molecule has 2 aromatic carbocycles. The molecule has 24 heavy (non-hydrogen) atoms. The second-order valence-corrected chi connectivity index (χ2v) is 8.24. The Bertz CT molecular complexity index is 834. The summed E-state index contributed by atoms with van der Waals surface area (Å²) in [6.07, 6.45) is 1.53. The predicted octanol–water partition coefficient (Wildman–Crippen LogP) is 4.53. The molecule has 1 heterocycles. The fraction of sp³-hybridized carbons (Fsp3) is 0.294. The van der Waals surface area contributed by atoms with Crippen molar-refractivity contribution in [3.05, 3.63) is 58.1 Å². The summed E-state index contributed by atoms with van der Waals surface area (Å²) in [4.78, 5) is -0.0249. The summed E-state index contributed by atoms with van der Waals surface area (Å²) in [6, 6.07) is 11.9. The normalized spacial score (nSPS) is 18.7. The second-order valence-electron chi connectivity index (χ2n) is 5.60. The molecule has 0 saturated carbocycles. The molecule has 0 aliphatic carbocycles. The van der Waals surface area contributed by atoms with Gasteiger partial charge >= 0.3 is 0 Å². The SMILES string of the molecule is COc1cccc(C2CCCN2S(=O)(=O)c2c(Cl)cccc2Cl)c1. The molecule has 1 aliphatic rings. The van der Waals surface area contributed by atoms with E-state index >= 15 is 0 Å².